The molecule has 0 saturated heterocycles. The minimum atomic E-state index is -0.825. The second kappa shape index (κ2) is 2.05. The molecule has 0 aliphatic rings. The van der Waals surface area contributed by atoms with Gasteiger partial charge in [0.1, 0.15) is 5.15 Å². The highest BCUT2D eigenvalue weighted by molar-refractivity contribution is 6.29. The summed E-state index contributed by atoms with van der Waals surface area (Å²) in [6.07, 6.45) is 0.304. The van der Waals surface area contributed by atoms with Gasteiger partial charge in [-0.2, -0.15) is 9.37 Å². The molecule has 1 radical (unpaired) electrons. The van der Waals surface area contributed by atoms with Gasteiger partial charge in [-0.05, 0) is 0 Å². The summed E-state index contributed by atoms with van der Waals surface area (Å²) in [5, 5.41) is -0.00231. The average Bonchev–Trinajstić information content (AvgIpc) is 1.64. The predicted molar refractivity (Wildman–Crippen MR) is 25.8 cm³/mol. The van der Waals surface area contributed by atoms with Crippen LogP contribution < -0.4 is 0 Å². The highest BCUT2D eigenvalue weighted by Crippen LogP contribution is 1.98. The molecular weight excluding hydrogens is 131 g/mol. The predicted octanol–water partition coefficient (Wildman–Crippen LogP) is 1.07. The molecule has 1 aromatic heterocycles. The number of rotatable bonds is 0. The lowest BCUT2D eigenvalue weighted by molar-refractivity contribution is 0.538. The molecule has 4 heteroatoms. The third-order valence-corrected chi connectivity index (χ3v) is 0.739. The van der Waals surface area contributed by atoms with E-state index >= 15 is 0 Å². The van der Waals surface area contributed by atoms with Gasteiger partial charge in [0.05, 0.1) is 0 Å². The summed E-state index contributed by atoms with van der Waals surface area (Å²) in [5.41, 5.74) is 0. The lowest BCUT2D eigenvalue weighted by Crippen LogP contribution is -1.85. The Labute approximate surface area is 50.3 Å². The molecule has 0 fully saturated rings. The van der Waals surface area contributed by atoms with Gasteiger partial charge in [-0.25, -0.2) is 4.98 Å². The lowest BCUT2D eigenvalue weighted by atomic mass is 10.7. The zero-order valence-corrected chi connectivity index (χ0v) is 4.48. The maximum atomic E-state index is 11.8. The highest BCUT2D eigenvalue weighted by atomic mass is 35.5. The molecule has 0 atom stereocenters. The van der Waals surface area contributed by atoms with Crippen LogP contribution in [0.1, 0.15) is 0 Å². The third kappa shape index (κ3) is 1.13. The molecular formula is C4HClFN2. The van der Waals surface area contributed by atoms with E-state index < -0.39 is 6.08 Å². The molecule has 1 rings (SSSR count). The molecule has 0 amide bonds. The molecule has 1 aromatic rings. The average molecular weight is 132 g/mol. The summed E-state index contributed by atoms with van der Waals surface area (Å²) < 4.78 is 11.8. The Morgan fingerprint density at radius 2 is 2.50 bits per heavy atom. The van der Waals surface area contributed by atoms with E-state index in [9.17, 15) is 4.39 Å². The number of halogens is 2. The van der Waals surface area contributed by atoms with E-state index in [0.29, 0.717) is 0 Å². The van der Waals surface area contributed by atoms with Gasteiger partial charge in [0, 0.05) is 12.3 Å². The summed E-state index contributed by atoms with van der Waals surface area (Å²) in [5.74, 6) is 0. The van der Waals surface area contributed by atoms with Gasteiger partial charge in [-0.15, -0.1) is 0 Å². The number of hydrogen-bond acceptors (Lipinski definition) is 2. The maximum absolute atomic E-state index is 11.8. The monoisotopic (exact) mass is 131 g/mol. The number of nitrogens with zero attached hydrogens (tertiary/aromatic N) is 2. The number of hydrogen-bond donors (Lipinski definition) is 0. The Morgan fingerprint density at radius 3 is 2.88 bits per heavy atom. The SMILES string of the molecule is Fc1nc[c]c(Cl)n1. The smallest absolute Gasteiger partial charge is 0.210 e. The summed E-state index contributed by atoms with van der Waals surface area (Å²) in [4.78, 5) is 6.23. The zero-order valence-electron chi connectivity index (χ0n) is 3.73. The van der Waals surface area contributed by atoms with Crippen molar-refractivity contribution in [2.45, 2.75) is 0 Å². The Balaban J connectivity index is 3.08. The lowest BCUT2D eigenvalue weighted by Gasteiger charge is -1.82. The maximum Gasteiger partial charge on any atom is 0.310 e. The van der Waals surface area contributed by atoms with Crippen LogP contribution in [-0.2, 0) is 0 Å². The second-order valence-electron chi connectivity index (χ2n) is 1.07. The molecule has 0 bridgehead atoms. The van der Waals surface area contributed by atoms with Crippen molar-refractivity contribution in [3.05, 3.63) is 23.5 Å². The van der Waals surface area contributed by atoms with Gasteiger partial charge in [0.2, 0.25) is 0 Å². The molecule has 41 valence electrons. The fourth-order valence-electron chi connectivity index (χ4n) is 0.281. The van der Waals surface area contributed by atoms with E-state index in [0.717, 1.165) is 6.20 Å². The molecule has 0 unspecified atom stereocenters. The van der Waals surface area contributed by atoms with Gasteiger partial charge in [-0.3, -0.25) is 0 Å². The van der Waals surface area contributed by atoms with E-state index in [1.54, 1.807) is 0 Å². The van der Waals surface area contributed by atoms with Crippen LogP contribution in [0.15, 0.2) is 6.20 Å². The summed E-state index contributed by atoms with van der Waals surface area (Å²) in [7, 11) is 0. The van der Waals surface area contributed by atoms with E-state index in [2.05, 4.69) is 16.0 Å². The van der Waals surface area contributed by atoms with Crippen molar-refractivity contribution in [1.82, 2.24) is 9.97 Å². The minimum Gasteiger partial charge on any atom is -0.210 e. The van der Waals surface area contributed by atoms with Crippen LogP contribution in [0.25, 0.3) is 0 Å². The van der Waals surface area contributed by atoms with Gasteiger partial charge >= 0.3 is 6.08 Å². The normalized spacial score (nSPS) is 9.25. The molecule has 8 heavy (non-hydrogen) atoms. The largest absolute Gasteiger partial charge is 0.310 e. The second-order valence-corrected chi connectivity index (χ2v) is 1.43. The quantitative estimate of drug-likeness (QED) is 0.389. The molecule has 0 aromatic carbocycles. The van der Waals surface area contributed by atoms with Crippen molar-refractivity contribution in [2.24, 2.45) is 0 Å². The Kier molecular flexibility index (Phi) is 1.39. The van der Waals surface area contributed by atoms with Gasteiger partial charge < -0.3 is 0 Å². The first-order chi connectivity index (χ1) is 3.79. The standard InChI is InChI=1S/C4HClFN2/c5-3-1-2-7-4(6)8-3/h2H. The molecule has 0 saturated carbocycles. The molecule has 0 spiro atoms. The molecule has 1 heterocycles. The van der Waals surface area contributed by atoms with E-state index in [1.165, 1.54) is 0 Å². The van der Waals surface area contributed by atoms with Crippen molar-refractivity contribution in [3.8, 4) is 0 Å². The van der Waals surface area contributed by atoms with Crippen LogP contribution in [-0.4, -0.2) is 9.97 Å². The zero-order chi connectivity index (χ0) is 5.98. The van der Waals surface area contributed by atoms with Crippen LogP contribution in [0.5, 0.6) is 0 Å². The Morgan fingerprint density at radius 1 is 1.75 bits per heavy atom. The van der Waals surface area contributed by atoms with Crippen LogP contribution in [0.4, 0.5) is 4.39 Å². The van der Waals surface area contributed by atoms with Crippen LogP contribution in [0.2, 0.25) is 5.15 Å². The van der Waals surface area contributed by atoms with Gasteiger partial charge in [-0.1, -0.05) is 11.6 Å². The first-order valence-electron chi connectivity index (χ1n) is 1.85. The Bertz CT molecular complexity index is 174. The third-order valence-electron chi connectivity index (χ3n) is 0.545. The first kappa shape index (κ1) is 5.44. The molecule has 0 N–H and O–H groups in total. The van der Waals surface area contributed by atoms with E-state index in [-0.39, 0.29) is 5.15 Å². The summed E-state index contributed by atoms with van der Waals surface area (Å²) >= 11 is 5.20. The minimum absolute atomic E-state index is 0.00231. The van der Waals surface area contributed by atoms with Gasteiger partial charge in [0.25, 0.3) is 0 Å². The topological polar surface area (TPSA) is 25.8 Å². The van der Waals surface area contributed by atoms with Gasteiger partial charge in [0.15, 0.2) is 0 Å². The first-order valence-corrected chi connectivity index (χ1v) is 2.22. The van der Waals surface area contributed by atoms with E-state index in [1.807, 2.05) is 0 Å². The van der Waals surface area contributed by atoms with Crippen LogP contribution >= 0.6 is 11.6 Å². The van der Waals surface area contributed by atoms with Crippen LogP contribution in [0.3, 0.4) is 0 Å². The number of aromatic nitrogens is 2. The Hall–Kier alpha value is -0.700. The fourth-order valence-corrected chi connectivity index (χ4v) is 0.399. The van der Waals surface area contributed by atoms with Crippen molar-refractivity contribution in [2.75, 3.05) is 0 Å². The summed E-state index contributed by atoms with van der Waals surface area (Å²) in [6, 6.07) is 2.38. The van der Waals surface area contributed by atoms with Crippen molar-refractivity contribution in [3.63, 3.8) is 0 Å². The molecule has 2 nitrogen and oxygen atoms in total. The molecule has 0 aliphatic heterocycles. The summed E-state index contributed by atoms with van der Waals surface area (Å²) in [6.45, 7) is 0. The fraction of sp³-hybridized carbons (Fsp3) is 0. The van der Waals surface area contributed by atoms with Crippen molar-refractivity contribution in [1.29, 1.82) is 0 Å². The molecule has 0 aliphatic carbocycles. The van der Waals surface area contributed by atoms with E-state index in [4.69, 9.17) is 11.6 Å². The van der Waals surface area contributed by atoms with Crippen molar-refractivity contribution < 1.29 is 4.39 Å². The van der Waals surface area contributed by atoms with Crippen LogP contribution in [0, 0.1) is 12.1 Å². The highest BCUT2D eigenvalue weighted by Gasteiger charge is 1.90. The van der Waals surface area contributed by atoms with Crippen molar-refractivity contribution >= 4 is 11.6 Å².